The first-order chi connectivity index (χ1) is 13.8. The molecule has 1 fully saturated rings. The molecule has 1 aliphatic rings. The van der Waals surface area contributed by atoms with Crippen molar-refractivity contribution in [2.45, 2.75) is 25.3 Å². The molecule has 8 nitrogen and oxygen atoms in total. The average molecular weight is 453 g/mol. The van der Waals surface area contributed by atoms with Gasteiger partial charge in [-0.2, -0.15) is 10.2 Å². The van der Waals surface area contributed by atoms with Crippen LogP contribution >= 0.6 is 23.8 Å². The van der Waals surface area contributed by atoms with Gasteiger partial charge in [0, 0.05) is 30.2 Å². The maximum absolute atomic E-state index is 12.0. The van der Waals surface area contributed by atoms with E-state index in [0.717, 1.165) is 29.9 Å². The van der Waals surface area contributed by atoms with Gasteiger partial charge in [-0.25, -0.2) is 12.7 Å². The fourth-order valence-corrected chi connectivity index (χ4v) is 4.90. The van der Waals surface area contributed by atoms with Crippen LogP contribution in [0.5, 0.6) is 0 Å². The number of piperidine rings is 1. The molecule has 3 aromatic rings. The van der Waals surface area contributed by atoms with Crippen molar-refractivity contribution in [2.24, 2.45) is 0 Å². The van der Waals surface area contributed by atoms with E-state index >= 15 is 0 Å². The van der Waals surface area contributed by atoms with Gasteiger partial charge in [-0.3, -0.25) is 14.3 Å². The van der Waals surface area contributed by atoms with Crippen LogP contribution < -0.4 is 0 Å². The zero-order valence-corrected chi connectivity index (χ0v) is 18.2. The van der Waals surface area contributed by atoms with E-state index in [0.29, 0.717) is 29.4 Å². The van der Waals surface area contributed by atoms with Gasteiger partial charge in [-0.05, 0) is 42.8 Å². The third-order valence-corrected chi connectivity index (χ3v) is 6.85. The molecule has 1 N–H and O–H groups in total. The summed E-state index contributed by atoms with van der Waals surface area (Å²) in [6.07, 6.45) is 6.52. The van der Waals surface area contributed by atoms with Crippen molar-refractivity contribution in [3.8, 4) is 5.69 Å². The van der Waals surface area contributed by atoms with Crippen LogP contribution in [0.3, 0.4) is 0 Å². The lowest BCUT2D eigenvalue weighted by atomic mass is 9.99. The van der Waals surface area contributed by atoms with Crippen molar-refractivity contribution < 1.29 is 8.42 Å². The van der Waals surface area contributed by atoms with Crippen LogP contribution in [-0.4, -0.2) is 56.6 Å². The number of nitrogens with one attached hydrogen (secondary N) is 1. The number of nitrogens with zero attached hydrogens (tertiary/aromatic N) is 5. The zero-order chi connectivity index (χ0) is 20.6. The summed E-state index contributed by atoms with van der Waals surface area (Å²) in [5.74, 6) is 0.695. The Bertz CT molecular complexity index is 1170. The lowest BCUT2D eigenvalue weighted by molar-refractivity contribution is 0.309. The molecule has 2 aromatic heterocycles. The van der Waals surface area contributed by atoms with Crippen molar-refractivity contribution in [3.05, 3.63) is 57.8 Å². The number of aromatic nitrogens is 5. The Morgan fingerprint density at radius 1 is 1.31 bits per heavy atom. The predicted molar refractivity (Wildman–Crippen MR) is 113 cm³/mol. The van der Waals surface area contributed by atoms with E-state index in [-0.39, 0.29) is 5.92 Å². The number of halogens is 1. The van der Waals surface area contributed by atoms with Crippen LogP contribution in [0, 0.1) is 4.77 Å². The Morgan fingerprint density at radius 3 is 2.79 bits per heavy atom. The van der Waals surface area contributed by atoms with Gasteiger partial charge >= 0.3 is 0 Å². The maximum Gasteiger partial charge on any atom is 0.211 e. The fraction of sp³-hybridized carbons (Fsp3) is 0.389. The second kappa shape index (κ2) is 8.02. The minimum absolute atomic E-state index is 0.0361. The minimum atomic E-state index is -3.24. The molecule has 0 unspecified atom stereocenters. The van der Waals surface area contributed by atoms with E-state index in [1.54, 1.807) is 6.20 Å². The maximum atomic E-state index is 12.0. The van der Waals surface area contributed by atoms with Gasteiger partial charge in [0.25, 0.3) is 0 Å². The summed E-state index contributed by atoms with van der Waals surface area (Å²) >= 11 is 11.4. The van der Waals surface area contributed by atoms with Gasteiger partial charge < -0.3 is 0 Å². The smallest absolute Gasteiger partial charge is 0.211 e. The predicted octanol–water partition coefficient (Wildman–Crippen LogP) is 2.97. The summed E-state index contributed by atoms with van der Waals surface area (Å²) in [5, 5.41) is 12.4. The molecule has 0 amide bonds. The van der Waals surface area contributed by atoms with Crippen LogP contribution in [0.2, 0.25) is 5.02 Å². The van der Waals surface area contributed by atoms with Gasteiger partial charge in [0.15, 0.2) is 4.77 Å². The second-order valence-corrected chi connectivity index (χ2v) is 10.0. The van der Waals surface area contributed by atoms with Gasteiger partial charge in [0.1, 0.15) is 5.82 Å². The van der Waals surface area contributed by atoms with Crippen molar-refractivity contribution in [1.82, 2.24) is 28.9 Å². The molecule has 29 heavy (non-hydrogen) atoms. The molecule has 154 valence electrons. The largest absolute Gasteiger partial charge is 0.269 e. The van der Waals surface area contributed by atoms with Crippen molar-refractivity contribution in [1.29, 1.82) is 0 Å². The number of sulfonamides is 1. The Morgan fingerprint density at radius 2 is 2.07 bits per heavy atom. The summed E-state index contributed by atoms with van der Waals surface area (Å²) in [6.45, 7) is 1.54. The first-order valence-electron chi connectivity index (χ1n) is 9.21. The Kier molecular flexibility index (Phi) is 5.60. The van der Waals surface area contributed by atoms with Crippen molar-refractivity contribution >= 4 is 33.8 Å². The lowest BCUT2D eigenvalue weighted by Gasteiger charge is -2.30. The molecule has 1 aliphatic heterocycles. The van der Waals surface area contributed by atoms with Gasteiger partial charge in [0.2, 0.25) is 10.0 Å². The highest BCUT2D eigenvalue weighted by Crippen LogP contribution is 2.28. The monoisotopic (exact) mass is 452 g/mol. The van der Waals surface area contributed by atoms with Crippen LogP contribution in [-0.2, 0) is 16.6 Å². The second-order valence-electron chi connectivity index (χ2n) is 7.21. The highest BCUT2D eigenvalue weighted by atomic mass is 35.5. The number of H-pyrrole nitrogens is 1. The number of hydrogen-bond acceptors (Lipinski definition) is 5. The summed E-state index contributed by atoms with van der Waals surface area (Å²) in [6, 6.07) is 7.62. The van der Waals surface area contributed by atoms with E-state index in [9.17, 15) is 8.42 Å². The van der Waals surface area contributed by atoms with Gasteiger partial charge in [-0.1, -0.05) is 23.7 Å². The Balaban J connectivity index is 1.60. The van der Waals surface area contributed by atoms with Crippen molar-refractivity contribution in [3.63, 3.8) is 0 Å². The van der Waals surface area contributed by atoms with E-state index in [1.807, 2.05) is 39.7 Å². The number of hydrogen-bond donors (Lipinski definition) is 1. The molecule has 3 heterocycles. The molecule has 1 atom stereocenters. The van der Waals surface area contributed by atoms with E-state index in [4.69, 9.17) is 23.8 Å². The van der Waals surface area contributed by atoms with E-state index in [2.05, 4.69) is 15.3 Å². The summed E-state index contributed by atoms with van der Waals surface area (Å²) in [4.78, 5) is 0. The molecular weight excluding hydrogens is 432 g/mol. The van der Waals surface area contributed by atoms with Crippen molar-refractivity contribution in [2.75, 3.05) is 19.3 Å². The number of aromatic amines is 1. The molecule has 0 saturated carbocycles. The van der Waals surface area contributed by atoms with E-state index < -0.39 is 10.0 Å². The molecule has 0 aliphatic carbocycles. The molecule has 0 radical (unpaired) electrons. The lowest BCUT2D eigenvalue weighted by Crippen LogP contribution is -2.39. The van der Waals surface area contributed by atoms with Crippen LogP contribution in [0.4, 0.5) is 0 Å². The number of benzene rings is 1. The zero-order valence-electron chi connectivity index (χ0n) is 15.8. The van der Waals surface area contributed by atoms with Gasteiger partial charge in [0.05, 0.1) is 24.7 Å². The third-order valence-electron chi connectivity index (χ3n) is 5.05. The molecule has 0 spiro atoms. The molecule has 11 heteroatoms. The van der Waals surface area contributed by atoms with Crippen LogP contribution in [0.15, 0.2) is 36.7 Å². The van der Waals surface area contributed by atoms with Crippen LogP contribution in [0.25, 0.3) is 5.69 Å². The summed E-state index contributed by atoms with van der Waals surface area (Å²) in [5.41, 5.74) is 1.88. The minimum Gasteiger partial charge on any atom is -0.269 e. The first-order valence-corrected chi connectivity index (χ1v) is 11.8. The van der Waals surface area contributed by atoms with E-state index in [1.165, 1.54) is 10.6 Å². The van der Waals surface area contributed by atoms with Gasteiger partial charge in [-0.15, -0.1) is 0 Å². The molecule has 0 bridgehead atoms. The van der Waals surface area contributed by atoms with Crippen LogP contribution in [0.1, 0.15) is 30.1 Å². The highest BCUT2D eigenvalue weighted by molar-refractivity contribution is 7.88. The molecule has 1 saturated heterocycles. The first kappa shape index (κ1) is 20.3. The number of rotatable bonds is 5. The Labute approximate surface area is 179 Å². The Hall–Kier alpha value is -2.01. The normalized spacial score (nSPS) is 18.2. The summed E-state index contributed by atoms with van der Waals surface area (Å²) < 4.78 is 29.6. The quantitative estimate of drug-likeness (QED) is 0.601. The standard InChI is InChI=1S/C18H21ClN6O2S2/c1-29(26,27)24-8-2-3-14(11-24)17-21-22-18(28)25(17)16-9-20-23(12-16)10-13-4-6-15(19)7-5-13/h4-7,9,12,14H,2-3,8,10-11H2,1H3,(H,22,28)/t14-/m0/s1. The topological polar surface area (TPSA) is 88.8 Å². The molecule has 4 rings (SSSR count). The fourth-order valence-electron chi connectivity index (χ4n) is 3.62. The molecular formula is C18H21ClN6O2S2. The summed E-state index contributed by atoms with van der Waals surface area (Å²) in [7, 11) is -3.24. The average Bonchev–Trinajstić information content (AvgIpc) is 3.29. The highest BCUT2D eigenvalue weighted by Gasteiger charge is 2.30. The SMILES string of the molecule is CS(=O)(=O)N1CCC[C@H](c2n[nH]c(=S)n2-c2cnn(Cc3ccc(Cl)cc3)c2)C1. The molecule has 1 aromatic carbocycles. The third kappa shape index (κ3) is 4.45.